The first-order valence-electron chi connectivity index (χ1n) is 10.2. The van der Waals surface area contributed by atoms with Gasteiger partial charge in [-0.2, -0.15) is 5.10 Å². The van der Waals surface area contributed by atoms with Gasteiger partial charge in [-0.1, -0.05) is 29.8 Å². The number of benzene rings is 2. The van der Waals surface area contributed by atoms with Gasteiger partial charge in [0.25, 0.3) is 5.69 Å². The Kier molecular flexibility index (Phi) is 6.05. The van der Waals surface area contributed by atoms with Crippen molar-refractivity contribution in [1.29, 1.82) is 0 Å². The van der Waals surface area contributed by atoms with E-state index in [1.54, 1.807) is 31.2 Å². The number of rotatable bonds is 6. The molecule has 32 heavy (non-hydrogen) atoms. The summed E-state index contributed by atoms with van der Waals surface area (Å²) in [4.78, 5) is 36.4. The van der Waals surface area contributed by atoms with E-state index in [1.165, 1.54) is 18.2 Å². The number of aromatic nitrogens is 2. The van der Waals surface area contributed by atoms with E-state index in [0.717, 1.165) is 29.7 Å². The number of nitrogens with zero attached hydrogens (tertiary/aromatic N) is 2. The van der Waals surface area contributed by atoms with Gasteiger partial charge in [0, 0.05) is 22.9 Å². The Morgan fingerprint density at radius 3 is 2.69 bits per heavy atom. The summed E-state index contributed by atoms with van der Waals surface area (Å²) in [6.45, 7) is 2.02. The molecule has 1 aromatic heterocycles. The first-order valence-corrected chi connectivity index (χ1v) is 10.6. The van der Waals surface area contributed by atoms with Crippen LogP contribution < -0.4 is 0 Å². The Labute approximate surface area is 188 Å². The van der Waals surface area contributed by atoms with Crippen LogP contribution in [0.15, 0.2) is 42.5 Å². The number of carbonyl (C=O) groups excluding carboxylic acids is 2. The summed E-state index contributed by atoms with van der Waals surface area (Å²) in [7, 11) is 0. The van der Waals surface area contributed by atoms with E-state index < -0.39 is 22.6 Å². The number of ketones is 1. The van der Waals surface area contributed by atoms with Crippen LogP contribution in [-0.4, -0.2) is 33.5 Å². The van der Waals surface area contributed by atoms with Crippen molar-refractivity contribution in [2.45, 2.75) is 32.1 Å². The quantitative estimate of drug-likeness (QED) is 0.240. The van der Waals surface area contributed by atoms with Crippen molar-refractivity contribution in [2.24, 2.45) is 0 Å². The summed E-state index contributed by atoms with van der Waals surface area (Å²) in [5, 5.41) is 19.0. The highest BCUT2D eigenvalue weighted by Crippen LogP contribution is 2.41. The van der Waals surface area contributed by atoms with Crippen LogP contribution >= 0.6 is 11.6 Å². The standard InChI is InChI=1S/C23H20ClN3O5/c1-2-32-23(29)14-11-9-13(10-12-14)21-19-15(5-3-7-17(19)25-26-21)22(28)20-16(24)6-4-8-18(20)27(30)31/h4,6,8-12,15H,2-3,5,7H2,1H3,(H,25,26). The van der Waals surface area contributed by atoms with Crippen LogP contribution in [0, 0.1) is 10.1 Å². The average molecular weight is 454 g/mol. The summed E-state index contributed by atoms with van der Waals surface area (Å²) < 4.78 is 5.02. The third-order valence-electron chi connectivity index (χ3n) is 5.57. The minimum Gasteiger partial charge on any atom is -0.462 e. The number of nitrogens with one attached hydrogen (secondary N) is 1. The Hall–Kier alpha value is -3.52. The molecule has 0 saturated heterocycles. The van der Waals surface area contributed by atoms with Crippen molar-refractivity contribution in [2.75, 3.05) is 6.61 Å². The van der Waals surface area contributed by atoms with Gasteiger partial charge >= 0.3 is 5.97 Å². The lowest BCUT2D eigenvalue weighted by molar-refractivity contribution is -0.385. The highest BCUT2D eigenvalue weighted by Gasteiger charge is 2.36. The van der Waals surface area contributed by atoms with E-state index in [2.05, 4.69) is 10.2 Å². The fourth-order valence-corrected chi connectivity index (χ4v) is 4.39. The zero-order chi connectivity index (χ0) is 22.8. The van der Waals surface area contributed by atoms with Crippen molar-refractivity contribution in [3.05, 3.63) is 80.0 Å². The molecule has 9 heteroatoms. The molecule has 0 radical (unpaired) electrons. The van der Waals surface area contributed by atoms with Crippen LogP contribution in [-0.2, 0) is 11.2 Å². The third kappa shape index (κ3) is 3.89. The van der Waals surface area contributed by atoms with E-state index in [4.69, 9.17) is 16.3 Å². The molecule has 1 heterocycles. The van der Waals surface area contributed by atoms with Gasteiger partial charge in [-0.05, 0) is 44.4 Å². The maximum Gasteiger partial charge on any atom is 0.338 e. The molecule has 0 spiro atoms. The number of hydrogen-bond acceptors (Lipinski definition) is 6. The number of halogens is 1. The van der Waals surface area contributed by atoms with Gasteiger partial charge in [0.1, 0.15) is 5.56 Å². The Bertz CT molecular complexity index is 1200. The predicted octanol–water partition coefficient (Wildman–Crippen LogP) is 5.12. The summed E-state index contributed by atoms with van der Waals surface area (Å²) in [5.74, 6) is -1.42. The van der Waals surface area contributed by atoms with E-state index in [9.17, 15) is 19.7 Å². The number of nitro groups is 1. The number of fused-ring (bicyclic) bond motifs is 1. The number of ether oxygens (including phenoxy) is 1. The average Bonchev–Trinajstić information content (AvgIpc) is 3.23. The van der Waals surface area contributed by atoms with Crippen LogP contribution in [0.4, 0.5) is 5.69 Å². The monoisotopic (exact) mass is 453 g/mol. The molecule has 0 saturated carbocycles. The molecule has 0 bridgehead atoms. The first-order chi connectivity index (χ1) is 15.4. The topological polar surface area (TPSA) is 115 Å². The van der Waals surface area contributed by atoms with Crippen LogP contribution in [0.5, 0.6) is 0 Å². The van der Waals surface area contributed by atoms with Crippen molar-refractivity contribution in [1.82, 2.24) is 10.2 Å². The van der Waals surface area contributed by atoms with E-state index in [0.29, 0.717) is 17.7 Å². The van der Waals surface area contributed by atoms with Gasteiger partial charge in [-0.15, -0.1) is 0 Å². The summed E-state index contributed by atoms with van der Waals surface area (Å²) in [6.07, 6.45) is 1.99. The molecule has 164 valence electrons. The number of esters is 1. The Morgan fingerprint density at radius 1 is 1.25 bits per heavy atom. The molecule has 0 amide bonds. The molecule has 1 atom stereocenters. The summed E-state index contributed by atoms with van der Waals surface area (Å²) in [5.41, 5.74) is 2.89. The van der Waals surface area contributed by atoms with Crippen LogP contribution in [0.1, 0.15) is 57.7 Å². The van der Waals surface area contributed by atoms with Gasteiger partial charge < -0.3 is 4.74 Å². The molecule has 1 unspecified atom stereocenters. The number of nitro benzene ring substituents is 1. The lowest BCUT2D eigenvalue weighted by Crippen LogP contribution is -2.20. The minimum absolute atomic E-state index is 0.0557. The molecule has 8 nitrogen and oxygen atoms in total. The maximum atomic E-state index is 13.5. The number of aromatic amines is 1. The lowest BCUT2D eigenvalue weighted by atomic mass is 9.79. The molecule has 2 aromatic carbocycles. The smallest absolute Gasteiger partial charge is 0.338 e. The van der Waals surface area contributed by atoms with Gasteiger partial charge in [-0.3, -0.25) is 20.0 Å². The Balaban J connectivity index is 1.75. The van der Waals surface area contributed by atoms with E-state index in [-0.39, 0.29) is 22.9 Å². The molecular weight excluding hydrogens is 434 g/mol. The zero-order valence-electron chi connectivity index (χ0n) is 17.3. The largest absolute Gasteiger partial charge is 0.462 e. The second-order valence-corrected chi connectivity index (χ2v) is 7.87. The van der Waals surface area contributed by atoms with Gasteiger partial charge in [-0.25, -0.2) is 4.79 Å². The molecule has 0 fully saturated rings. The highest BCUT2D eigenvalue weighted by atomic mass is 35.5. The molecule has 0 aliphatic heterocycles. The number of hydrogen-bond donors (Lipinski definition) is 1. The Morgan fingerprint density at radius 2 is 2.00 bits per heavy atom. The predicted molar refractivity (Wildman–Crippen MR) is 118 cm³/mol. The van der Waals surface area contributed by atoms with Crippen molar-refractivity contribution < 1.29 is 19.2 Å². The molecule has 4 rings (SSSR count). The fraction of sp³-hybridized carbons (Fsp3) is 0.261. The van der Waals surface area contributed by atoms with Crippen LogP contribution in [0.25, 0.3) is 11.3 Å². The maximum absolute atomic E-state index is 13.5. The van der Waals surface area contributed by atoms with Crippen LogP contribution in [0.3, 0.4) is 0 Å². The summed E-state index contributed by atoms with van der Waals surface area (Å²) >= 11 is 6.23. The van der Waals surface area contributed by atoms with Gasteiger partial charge in [0.2, 0.25) is 0 Å². The second kappa shape index (κ2) is 8.92. The molecule has 1 N–H and O–H groups in total. The third-order valence-corrected chi connectivity index (χ3v) is 5.89. The lowest BCUT2D eigenvalue weighted by Gasteiger charge is -2.22. The van der Waals surface area contributed by atoms with Gasteiger partial charge in [0.15, 0.2) is 5.78 Å². The highest BCUT2D eigenvalue weighted by molar-refractivity contribution is 6.35. The van der Waals surface area contributed by atoms with Crippen LogP contribution in [0.2, 0.25) is 5.02 Å². The number of Topliss-reactive ketones (excluding diaryl/α,β-unsaturated/α-hetero) is 1. The summed E-state index contributed by atoms with van der Waals surface area (Å²) in [6, 6.07) is 11.0. The molecular formula is C23H20ClN3O5. The fourth-order valence-electron chi connectivity index (χ4n) is 4.12. The SMILES string of the molecule is CCOC(=O)c1ccc(-c2n[nH]c3c2C(C(=O)c2c(Cl)cccc2[N+](=O)[O-])CCC3)cc1. The normalized spacial score (nSPS) is 15.1. The second-order valence-electron chi connectivity index (χ2n) is 7.46. The number of H-pyrrole nitrogens is 1. The van der Waals surface area contributed by atoms with Crippen molar-refractivity contribution in [3.63, 3.8) is 0 Å². The zero-order valence-corrected chi connectivity index (χ0v) is 18.0. The van der Waals surface area contributed by atoms with Crippen molar-refractivity contribution in [3.8, 4) is 11.3 Å². The molecule has 1 aliphatic rings. The molecule has 3 aromatic rings. The molecule has 1 aliphatic carbocycles. The number of carbonyl (C=O) groups is 2. The van der Waals surface area contributed by atoms with Crippen molar-refractivity contribution >= 4 is 29.0 Å². The van der Waals surface area contributed by atoms with Gasteiger partial charge in [0.05, 0.1) is 33.7 Å². The minimum atomic E-state index is -0.615. The van der Waals surface area contributed by atoms with E-state index >= 15 is 0 Å². The first kappa shape index (κ1) is 21.7. The number of aryl methyl sites for hydroxylation is 1. The van der Waals surface area contributed by atoms with E-state index in [1.807, 2.05) is 0 Å².